The van der Waals surface area contributed by atoms with E-state index in [2.05, 4.69) is 71.1 Å². The number of halogens is 2. The van der Waals surface area contributed by atoms with Crippen molar-refractivity contribution in [3.05, 3.63) is 32.4 Å². The molecule has 3 rings (SSSR count). The van der Waals surface area contributed by atoms with Gasteiger partial charge in [0.2, 0.25) is 5.91 Å². The second-order valence-electron chi connectivity index (χ2n) is 11.0. The maximum Gasteiger partial charge on any atom is 0.251 e. The lowest BCUT2D eigenvalue weighted by Crippen LogP contribution is -2.50. The summed E-state index contributed by atoms with van der Waals surface area (Å²) < 4.78 is 0.856. The molecule has 1 saturated carbocycles. The molecule has 2 fully saturated rings. The first kappa shape index (κ1) is 28.7. The van der Waals surface area contributed by atoms with Crippen molar-refractivity contribution in [3.8, 4) is 0 Å². The number of amides is 2. The quantitative estimate of drug-likeness (QED) is 0.352. The summed E-state index contributed by atoms with van der Waals surface area (Å²) in [5.74, 6) is 2.14. The largest absolute Gasteiger partial charge is 0.350 e. The van der Waals surface area contributed by atoms with Crippen molar-refractivity contribution in [3.63, 3.8) is 0 Å². The van der Waals surface area contributed by atoms with Crippen LogP contribution in [-0.2, 0) is 4.79 Å². The van der Waals surface area contributed by atoms with E-state index in [-0.39, 0.29) is 23.9 Å². The highest BCUT2D eigenvalue weighted by molar-refractivity contribution is 14.1. The van der Waals surface area contributed by atoms with Gasteiger partial charge in [-0.25, -0.2) is 0 Å². The van der Waals surface area contributed by atoms with E-state index in [1.165, 1.54) is 19.3 Å². The van der Waals surface area contributed by atoms with E-state index in [1.807, 2.05) is 0 Å². The van der Waals surface area contributed by atoms with Crippen LogP contribution in [-0.4, -0.2) is 61.0 Å². The van der Waals surface area contributed by atoms with E-state index in [0.717, 1.165) is 47.9 Å². The maximum absolute atomic E-state index is 13.6. The van der Waals surface area contributed by atoms with E-state index in [4.69, 9.17) is 11.6 Å². The van der Waals surface area contributed by atoms with Crippen LogP contribution in [0.3, 0.4) is 0 Å². The summed E-state index contributed by atoms with van der Waals surface area (Å²) in [5.41, 5.74) is 0.600. The number of hydrogen-bond acceptors (Lipinski definition) is 4. The van der Waals surface area contributed by atoms with Gasteiger partial charge in [0.1, 0.15) is 0 Å². The van der Waals surface area contributed by atoms with Gasteiger partial charge < -0.3 is 20.9 Å². The smallest absolute Gasteiger partial charge is 0.251 e. The molecule has 0 spiro atoms. The van der Waals surface area contributed by atoms with Gasteiger partial charge in [-0.1, -0.05) is 39.3 Å². The minimum Gasteiger partial charge on any atom is -0.350 e. The van der Waals surface area contributed by atoms with Crippen LogP contribution in [0.25, 0.3) is 0 Å². The SMILES string of the molecule is CC1CC(C)CC(CN2CC[C@@H](CNC(=O)c3ccc(Cl)c(I)c3)N[C@@H](CCNC(C)C)C2=O)C1. The second kappa shape index (κ2) is 13.6. The lowest BCUT2D eigenvalue weighted by atomic mass is 9.76. The highest BCUT2D eigenvalue weighted by Gasteiger charge is 2.33. The number of nitrogens with zero attached hydrogens (tertiary/aromatic N) is 1. The van der Waals surface area contributed by atoms with Crippen LogP contribution >= 0.6 is 34.2 Å². The average molecular weight is 617 g/mol. The molecule has 1 aliphatic carbocycles. The number of carbonyl (C=O) groups is 2. The van der Waals surface area contributed by atoms with Crippen LogP contribution < -0.4 is 16.0 Å². The Kier molecular flexibility index (Phi) is 11.1. The topological polar surface area (TPSA) is 73.5 Å². The number of benzene rings is 1. The first-order valence-corrected chi connectivity index (χ1v) is 14.6. The van der Waals surface area contributed by atoms with Gasteiger partial charge in [0.05, 0.1) is 11.1 Å². The van der Waals surface area contributed by atoms with Crippen LogP contribution in [0.5, 0.6) is 0 Å². The molecule has 35 heavy (non-hydrogen) atoms. The van der Waals surface area contributed by atoms with Gasteiger partial charge in [-0.05, 0) is 97.2 Å². The Morgan fingerprint density at radius 3 is 2.60 bits per heavy atom. The lowest BCUT2D eigenvalue weighted by molar-refractivity contribution is -0.133. The predicted molar refractivity (Wildman–Crippen MR) is 152 cm³/mol. The molecule has 196 valence electrons. The maximum atomic E-state index is 13.6. The predicted octanol–water partition coefficient (Wildman–Crippen LogP) is 4.69. The zero-order valence-corrected chi connectivity index (χ0v) is 24.5. The summed E-state index contributed by atoms with van der Waals surface area (Å²) in [7, 11) is 0. The van der Waals surface area contributed by atoms with Gasteiger partial charge in [0.15, 0.2) is 0 Å². The van der Waals surface area contributed by atoms with Crippen molar-refractivity contribution in [2.24, 2.45) is 17.8 Å². The third-order valence-electron chi connectivity index (χ3n) is 7.23. The van der Waals surface area contributed by atoms with Crippen LogP contribution in [0.1, 0.15) is 70.2 Å². The Balaban J connectivity index is 1.63. The van der Waals surface area contributed by atoms with Crippen molar-refractivity contribution < 1.29 is 9.59 Å². The van der Waals surface area contributed by atoms with Gasteiger partial charge >= 0.3 is 0 Å². The number of carbonyl (C=O) groups excluding carboxylic acids is 2. The summed E-state index contributed by atoms with van der Waals surface area (Å²) >= 11 is 8.24. The first-order valence-electron chi connectivity index (χ1n) is 13.1. The van der Waals surface area contributed by atoms with Crippen LogP contribution in [0.4, 0.5) is 0 Å². The molecule has 0 radical (unpaired) electrons. The van der Waals surface area contributed by atoms with Crippen molar-refractivity contribution >= 4 is 46.0 Å². The zero-order chi connectivity index (χ0) is 25.5. The molecular formula is C27H42ClIN4O2. The fraction of sp³-hybridized carbons (Fsp3) is 0.704. The molecule has 2 unspecified atom stereocenters. The molecule has 1 aromatic carbocycles. The number of hydrogen-bond donors (Lipinski definition) is 3. The fourth-order valence-corrected chi connectivity index (χ4v) is 6.31. The molecule has 1 heterocycles. The van der Waals surface area contributed by atoms with E-state index >= 15 is 0 Å². The highest BCUT2D eigenvalue weighted by atomic mass is 127. The molecule has 6 nitrogen and oxygen atoms in total. The van der Waals surface area contributed by atoms with Gasteiger partial charge in [-0.2, -0.15) is 0 Å². The molecule has 4 atom stereocenters. The van der Waals surface area contributed by atoms with Crippen LogP contribution in [0.15, 0.2) is 18.2 Å². The normalized spacial score (nSPS) is 27.7. The van der Waals surface area contributed by atoms with Gasteiger partial charge in [-0.15, -0.1) is 0 Å². The molecule has 0 aromatic heterocycles. The van der Waals surface area contributed by atoms with Crippen LogP contribution in [0.2, 0.25) is 5.02 Å². The van der Waals surface area contributed by atoms with Crippen molar-refractivity contribution in [1.29, 1.82) is 0 Å². The lowest BCUT2D eigenvalue weighted by Gasteiger charge is -2.35. The van der Waals surface area contributed by atoms with E-state index in [9.17, 15) is 9.59 Å². The minimum atomic E-state index is -0.236. The molecular weight excluding hydrogens is 575 g/mol. The first-order chi connectivity index (χ1) is 16.6. The Morgan fingerprint density at radius 2 is 1.94 bits per heavy atom. The molecule has 0 bridgehead atoms. The molecule has 8 heteroatoms. The van der Waals surface area contributed by atoms with Crippen molar-refractivity contribution in [1.82, 2.24) is 20.9 Å². The highest BCUT2D eigenvalue weighted by Crippen LogP contribution is 2.33. The van der Waals surface area contributed by atoms with Gasteiger partial charge in [0.25, 0.3) is 5.91 Å². The van der Waals surface area contributed by atoms with Crippen molar-refractivity contribution in [2.45, 2.75) is 77.9 Å². The number of rotatable bonds is 9. The van der Waals surface area contributed by atoms with Gasteiger partial charge in [-0.3, -0.25) is 9.59 Å². The Bertz CT molecular complexity index is 858. The molecule has 2 aliphatic rings. The molecule has 1 aliphatic heterocycles. The molecule has 1 aromatic rings. The van der Waals surface area contributed by atoms with Gasteiger partial charge in [0, 0.05) is 40.9 Å². The minimum absolute atomic E-state index is 0.0486. The number of nitrogens with one attached hydrogen (secondary N) is 3. The summed E-state index contributed by atoms with van der Waals surface area (Å²) in [6, 6.07) is 5.50. The Labute approximate surface area is 229 Å². The van der Waals surface area contributed by atoms with E-state index in [0.29, 0.717) is 29.1 Å². The third-order valence-corrected chi connectivity index (χ3v) is 8.77. The Hall–Kier alpha value is -0.900. The van der Waals surface area contributed by atoms with Crippen molar-refractivity contribution in [2.75, 3.05) is 26.2 Å². The van der Waals surface area contributed by atoms with Crippen LogP contribution in [0, 0.1) is 21.3 Å². The zero-order valence-electron chi connectivity index (χ0n) is 21.6. The Morgan fingerprint density at radius 1 is 1.23 bits per heavy atom. The summed E-state index contributed by atoms with van der Waals surface area (Å²) in [4.78, 5) is 28.4. The second-order valence-corrected chi connectivity index (χ2v) is 12.6. The molecule has 2 amide bonds. The summed E-state index contributed by atoms with van der Waals surface area (Å²) in [6.45, 7) is 11.8. The summed E-state index contributed by atoms with van der Waals surface area (Å²) in [6.07, 6.45) is 5.28. The fourth-order valence-electron chi connectivity index (χ4n) is 5.68. The monoisotopic (exact) mass is 616 g/mol. The average Bonchev–Trinajstić information content (AvgIpc) is 2.92. The standard InChI is InChI=1S/C27H42ClIN4O2/c1-17(2)30-9-7-25-27(35)33(16-20-12-18(3)11-19(4)13-20)10-8-22(32-25)15-31-26(34)21-5-6-23(28)24(29)14-21/h5-6,14,17-20,22,25,30,32H,7-13,15-16H2,1-4H3,(H,31,34)/t18?,19?,20?,22-,25-/m0/s1. The van der Waals surface area contributed by atoms with E-state index in [1.54, 1.807) is 18.2 Å². The summed E-state index contributed by atoms with van der Waals surface area (Å²) in [5, 5.41) is 10.7. The molecule has 1 saturated heterocycles. The third kappa shape index (κ3) is 8.86. The van der Waals surface area contributed by atoms with E-state index < -0.39 is 0 Å². The molecule has 3 N–H and O–H groups in total.